The molecule has 0 atom stereocenters. The van der Waals surface area contributed by atoms with E-state index in [-0.39, 0.29) is 36.0 Å². The Morgan fingerprint density at radius 2 is 2.00 bits per heavy atom. The third kappa shape index (κ3) is 3.93. The summed E-state index contributed by atoms with van der Waals surface area (Å²) in [6, 6.07) is 6.91. The zero-order valence-electron chi connectivity index (χ0n) is 20.2. The van der Waals surface area contributed by atoms with E-state index in [1.165, 1.54) is 13.4 Å². The summed E-state index contributed by atoms with van der Waals surface area (Å²) in [4.78, 5) is 22.8. The van der Waals surface area contributed by atoms with Gasteiger partial charge in [0.05, 0.1) is 49.7 Å². The summed E-state index contributed by atoms with van der Waals surface area (Å²) in [5.41, 5.74) is 3.34. The molecule has 0 radical (unpaired) electrons. The highest BCUT2D eigenvalue weighted by Gasteiger charge is 2.50. The fourth-order valence-corrected chi connectivity index (χ4v) is 5.02. The summed E-state index contributed by atoms with van der Waals surface area (Å²) in [6.07, 6.45) is 4.20. The summed E-state index contributed by atoms with van der Waals surface area (Å²) in [5, 5.41) is 0.554. The van der Waals surface area contributed by atoms with Gasteiger partial charge in [0.1, 0.15) is 6.33 Å². The van der Waals surface area contributed by atoms with E-state index in [0.717, 1.165) is 43.9 Å². The van der Waals surface area contributed by atoms with Crippen molar-refractivity contribution in [2.24, 2.45) is 5.41 Å². The molecule has 2 aromatic carbocycles. The monoisotopic (exact) mass is 491 g/mol. The van der Waals surface area contributed by atoms with Gasteiger partial charge in [-0.25, -0.2) is 14.4 Å². The molecule has 0 N–H and O–H groups in total. The molecule has 8 nitrogen and oxygen atoms in total. The summed E-state index contributed by atoms with van der Waals surface area (Å²) < 4.78 is 37.7. The van der Waals surface area contributed by atoms with Gasteiger partial charge in [-0.1, -0.05) is 17.7 Å². The maximum atomic E-state index is 15.1. The van der Waals surface area contributed by atoms with Gasteiger partial charge in [-0.2, -0.15) is 0 Å². The molecule has 2 saturated heterocycles. The zero-order valence-corrected chi connectivity index (χ0v) is 20.2. The molecule has 1 amide bonds. The summed E-state index contributed by atoms with van der Waals surface area (Å²) >= 11 is 0. The lowest BCUT2D eigenvalue weighted by Crippen LogP contribution is -2.67. The van der Waals surface area contributed by atoms with E-state index >= 15 is 4.39 Å². The van der Waals surface area contributed by atoms with Gasteiger partial charge in [0.2, 0.25) is 11.8 Å². The highest BCUT2D eigenvalue weighted by molar-refractivity contribution is 5.87. The highest BCUT2D eigenvalue weighted by Crippen LogP contribution is 2.39. The molecule has 1 aliphatic carbocycles. The molecular formula is C27H26FN3O5. The predicted octanol–water partition coefficient (Wildman–Crippen LogP) is 4.16. The molecule has 186 valence electrons. The van der Waals surface area contributed by atoms with Crippen LogP contribution in [0.3, 0.4) is 0 Å². The van der Waals surface area contributed by atoms with Gasteiger partial charge in [0.15, 0.2) is 23.1 Å². The van der Waals surface area contributed by atoms with Crippen molar-refractivity contribution in [1.82, 2.24) is 14.9 Å². The second kappa shape index (κ2) is 8.74. The van der Waals surface area contributed by atoms with Crippen LogP contribution in [0.5, 0.6) is 23.1 Å². The second-order valence-electron chi connectivity index (χ2n) is 9.76. The number of hydrogen-bond donors (Lipinski definition) is 0. The summed E-state index contributed by atoms with van der Waals surface area (Å²) in [7, 11) is 1.53. The molecule has 0 saturated carbocycles. The number of methoxy groups -OCH3 is 1. The molecule has 2 fully saturated rings. The number of hydrogen-bond acceptors (Lipinski definition) is 7. The molecule has 9 heteroatoms. The first kappa shape index (κ1) is 22.7. The Balaban J connectivity index is 1.18. The number of benzene rings is 2. The van der Waals surface area contributed by atoms with E-state index in [1.54, 1.807) is 18.2 Å². The van der Waals surface area contributed by atoms with Crippen molar-refractivity contribution < 1.29 is 28.1 Å². The lowest BCUT2D eigenvalue weighted by Gasteiger charge is -2.55. The number of fused-ring (bicyclic) bond motifs is 2. The molecule has 3 heterocycles. The first-order chi connectivity index (χ1) is 17.4. The molecule has 36 heavy (non-hydrogen) atoms. The predicted molar refractivity (Wildman–Crippen MR) is 130 cm³/mol. The minimum absolute atomic E-state index is 0.0618. The number of nitrogens with zero attached hydrogens (tertiary/aromatic N) is 3. The Bertz CT molecular complexity index is 1390. The number of carbonyl (C=O) groups excluding carboxylic acids is 1. The van der Waals surface area contributed by atoms with Gasteiger partial charge in [0.25, 0.3) is 0 Å². The number of carbonyl (C=O) groups is 1. The van der Waals surface area contributed by atoms with Crippen LogP contribution in [-0.2, 0) is 16.0 Å². The van der Waals surface area contributed by atoms with Crippen molar-refractivity contribution >= 4 is 22.9 Å². The number of aromatic nitrogens is 2. The number of ether oxygens (including phenoxy) is 4. The van der Waals surface area contributed by atoms with Crippen molar-refractivity contribution in [1.29, 1.82) is 0 Å². The molecule has 1 spiro atoms. The SMILES string of the molecule is COc1cc2c(Oc3ccc4c(c3F)C=C(C)C4)ncnc2cc1OCCC(=O)N1CC2(COC2)C1. The molecule has 3 aromatic rings. The Morgan fingerprint density at radius 1 is 1.17 bits per heavy atom. The maximum Gasteiger partial charge on any atom is 0.230 e. The number of halogens is 1. The second-order valence-corrected chi connectivity index (χ2v) is 9.76. The van der Waals surface area contributed by atoms with Crippen LogP contribution in [-0.4, -0.2) is 60.8 Å². The van der Waals surface area contributed by atoms with Crippen molar-refractivity contribution in [3.8, 4) is 23.1 Å². The normalized spacial score (nSPS) is 17.3. The van der Waals surface area contributed by atoms with Crippen molar-refractivity contribution in [3.63, 3.8) is 0 Å². The first-order valence-electron chi connectivity index (χ1n) is 11.9. The van der Waals surface area contributed by atoms with Gasteiger partial charge < -0.3 is 23.8 Å². The van der Waals surface area contributed by atoms with E-state index in [2.05, 4.69) is 9.97 Å². The van der Waals surface area contributed by atoms with Crippen molar-refractivity contribution in [3.05, 3.63) is 53.1 Å². The fraction of sp³-hybridized carbons (Fsp3) is 0.370. The number of likely N-dealkylation sites (tertiary alicyclic amines) is 1. The van der Waals surface area contributed by atoms with Crippen LogP contribution in [0.25, 0.3) is 17.0 Å². The Labute approximate surface area is 207 Å². The zero-order chi connectivity index (χ0) is 24.9. The summed E-state index contributed by atoms with van der Waals surface area (Å²) in [5.74, 6) is 0.858. The third-order valence-electron chi connectivity index (χ3n) is 6.98. The average Bonchev–Trinajstić information content (AvgIpc) is 3.20. The van der Waals surface area contributed by atoms with E-state index in [1.807, 2.05) is 24.0 Å². The standard InChI is InChI=1S/C27H26FN3O5/c1-16-7-17-3-4-21(25(28)18(17)8-16)36-26-19-9-22(33-2)23(10-20(19)29-15-30-26)35-6-5-24(32)31-11-27(12-31)13-34-14-27/h3-4,8-10,15H,5-7,11-14H2,1-2H3. The van der Waals surface area contributed by atoms with Gasteiger partial charge in [-0.05, 0) is 31.0 Å². The van der Waals surface area contributed by atoms with Gasteiger partial charge in [-0.15, -0.1) is 0 Å². The van der Waals surface area contributed by atoms with Crippen molar-refractivity contribution in [2.75, 3.05) is 40.0 Å². The third-order valence-corrected chi connectivity index (χ3v) is 6.98. The van der Waals surface area contributed by atoms with Gasteiger partial charge in [-0.3, -0.25) is 4.79 Å². The van der Waals surface area contributed by atoms with Crippen LogP contribution in [0.2, 0.25) is 0 Å². The molecule has 1 aromatic heterocycles. The molecule has 0 unspecified atom stereocenters. The molecule has 6 rings (SSSR count). The van der Waals surface area contributed by atoms with Crippen LogP contribution in [0.4, 0.5) is 4.39 Å². The minimum Gasteiger partial charge on any atom is -0.493 e. The largest absolute Gasteiger partial charge is 0.493 e. The van der Waals surface area contributed by atoms with Crippen LogP contribution in [0.15, 0.2) is 36.2 Å². The van der Waals surface area contributed by atoms with E-state index in [4.69, 9.17) is 18.9 Å². The topological polar surface area (TPSA) is 83.0 Å². The Kier molecular flexibility index (Phi) is 5.52. The van der Waals surface area contributed by atoms with Crippen LogP contribution < -0.4 is 14.2 Å². The van der Waals surface area contributed by atoms with E-state index in [0.29, 0.717) is 28.0 Å². The highest BCUT2D eigenvalue weighted by atomic mass is 19.1. The number of rotatable bonds is 7. The van der Waals surface area contributed by atoms with E-state index in [9.17, 15) is 4.79 Å². The number of allylic oxidation sites excluding steroid dienone is 1. The van der Waals surface area contributed by atoms with Gasteiger partial charge in [0, 0.05) is 24.7 Å². The quantitative estimate of drug-likeness (QED) is 0.491. The molecule has 0 bridgehead atoms. The minimum atomic E-state index is -0.411. The first-order valence-corrected chi connectivity index (χ1v) is 11.9. The van der Waals surface area contributed by atoms with Gasteiger partial charge >= 0.3 is 0 Å². The number of amides is 1. The maximum absolute atomic E-state index is 15.1. The van der Waals surface area contributed by atoms with Crippen molar-refractivity contribution in [2.45, 2.75) is 19.8 Å². The molecule has 2 aliphatic heterocycles. The molecule has 3 aliphatic rings. The van der Waals surface area contributed by atoms with Crippen LogP contribution in [0, 0.1) is 11.2 Å². The Morgan fingerprint density at radius 3 is 2.75 bits per heavy atom. The lowest BCUT2D eigenvalue weighted by molar-refractivity contribution is -0.195. The average molecular weight is 492 g/mol. The smallest absolute Gasteiger partial charge is 0.230 e. The van der Waals surface area contributed by atoms with Crippen LogP contribution >= 0.6 is 0 Å². The molecular weight excluding hydrogens is 465 g/mol. The fourth-order valence-electron chi connectivity index (χ4n) is 5.02. The van der Waals surface area contributed by atoms with Crippen LogP contribution in [0.1, 0.15) is 24.5 Å². The summed E-state index contributed by atoms with van der Waals surface area (Å²) in [6.45, 7) is 5.18. The van der Waals surface area contributed by atoms with E-state index < -0.39 is 5.82 Å². The lowest BCUT2D eigenvalue weighted by atomic mass is 9.78. The Hall–Kier alpha value is -3.72.